The molecule has 1 aliphatic heterocycles. The lowest BCUT2D eigenvalue weighted by Gasteiger charge is -2.26. The molecular formula is C24H27ClFN3O3. The number of hydrogen-bond donors (Lipinski definition) is 0. The van der Waals surface area contributed by atoms with Gasteiger partial charge in [0.05, 0.1) is 16.9 Å². The first-order valence-electron chi connectivity index (χ1n) is 11.6. The third-order valence-electron chi connectivity index (χ3n) is 7.31. The van der Waals surface area contributed by atoms with Crippen LogP contribution in [-0.4, -0.2) is 45.5 Å². The summed E-state index contributed by atoms with van der Waals surface area (Å²) in [5.41, 5.74) is 2.28. The molecular weight excluding hydrogens is 433 g/mol. The monoisotopic (exact) mass is 459 g/mol. The van der Waals surface area contributed by atoms with Crippen molar-refractivity contribution < 1.29 is 18.7 Å². The first kappa shape index (κ1) is 20.5. The molecule has 0 spiro atoms. The van der Waals surface area contributed by atoms with Gasteiger partial charge in [-0.15, -0.1) is 0 Å². The Bertz CT molecular complexity index is 1150. The van der Waals surface area contributed by atoms with Crippen LogP contribution in [0, 0.1) is 17.7 Å². The van der Waals surface area contributed by atoms with E-state index in [2.05, 4.69) is 4.98 Å². The molecule has 4 aliphatic rings. The number of likely N-dealkylation sites (tertiary alicyclic amines) is 1. The summed E-state index contributed by atoms with van der Waals surface area (Å²) in [4.78, 5) is 31.1. The van der Waals surface area contributed by atoms with E-state index in [-0.39, 0.29) is 41.0 Å². The van der Waals surface area contributed by atoms with E-state index in [1.165, 1.54) is 0 Å². The molecule has 0 N–H and O–H groups in total. The Morgan fingerprint density at radius 1 is 1.19 bits per heavy atom. The fourth-order valence-corrected chi connectivity index (χ4v) is 5.84. The van der Waals surface area contributed by atoms with Gasteiger partial charge in [0.1, 0.15) is 5.60 Å². The summed E-state index contributed by atoms with van der Waals surface area (Å²) < 4.78 is 22.8. The second kappa shape index (κ2) is 6.69. The number of rotatable bonds is 4. The van der Waals surface area contributed by atoms with Crippen molar-refractivity contribution >= 4 is 34.9 Å². The van der Waals surface area contributed by atoms with Gasteiger partial charge < -0.3 is 14.2 Å². The molecule has 6 nitrogen and oxygen atoms in total. The van der Waals surface area contributed by atoms with Crippen LogP contribution in [-0.2, 0) is 4.74 Å². The van der Waals surface area contributed by atoms with Crippen molar-refractivity contribution in [2.45, 2.75) is 69.9 Å². The Morgan fingerprint density at radius 2 is 1.84 bits per heavy atom. The molecule has 8 heteroatoms. The van der Waals surface area contributed by atoms with Crippen LogP contribution >= 0.6 is 11.6 Å². The average Bonchev–Trinajstić information content (AvgIpc) is 3.65. The number of carbonyl (C=O) groups excluding carboxylic acids is 2. The molecule has 6 rings (SSSR count). The van der Waals surface area contributed by atoms with Gasteiger partial charge in [0, 0.05) is 30.4 Å². The first-order chi connectivity index (χ1) is 15.2. The zero-order valence-corrected chi connectivity index (χ0v) is 19.3. The van der Waals surface area contributed by atoms with Gasteiger partial charge in [-0.1, -0.05) is 11.6 Å². The highest BCUT2D eigenvalue weighted by Gasteiger charge is 2.60. The number of aldehydes is 1. The molecule has 2 unspecified atom stereocenters. The van der Waals surface area contributed by atoms with Gasteiger partial charge in [0.2, 0.25) is 0 Å². The van der Waals surface area contributed by atoms with E-state index in [4.69, 9.17) is 16.3 Å². The number of hydrogen-bond acceptors (Lipinski definition) is 4. The van der Waals surface area contributed by atoms with Gasteiger partial charge in [-0.05, 0) is 69.8 Å². The molecule has 32 heavy (non-hydrogen) atoms. The van der Waals surface area contributed by atoms with Crippen LogP contribution < -0.4 is 0 Å². The second-order valence-electron chi connectivity index (χ2n) is 10.9. The van der Waals surface area contributed by atoms with Crippen molar-refractivity contribution in [1.82, 2.24) is 14.5 Å². The number of halogens is 2. The Morgan fingerprint density at radius 3 is 2.38 bits per heavy atom. The molecule has 3 aliphatic carbocycles. The summed E-state index contributed by atoms with van der Waals surface area (Å²) >= 11 is 6.22. The fourth-order valence-electron chi connectivity index (χ4n) is 5.66. The van der Waals surface area contributed by atoms with Gasteiger partial charge in [-0.3, -0.25) is 4.79 Å². The van der Waals surface area contributed by atoms with Crippen LogP contribution in [0.4, 0.5) is 9.18 Å². The topological polar surface area (TPSA) is 64.4 Å². The van der Waals surface area contributed by atoms with Crippen LogP contribution in [0.5, 0.6) is 0 Å². The minimum Gasteiger partial charge on any atom is -0.444 e. The highest BCUT2D eigenvalue weighted by molar-refractivity contribution is 6.30. The molecule has 0 radical (unpaired) electrons. The van der Waals surface area contributed by atoms with Gasteiger partial charge in [0.15, 0.2) is 17.3 Å². The summed E-state index contributed by atoms with van der Waals surface area (Å²) in [6.45, 7) is 6.78. The zero-order valence-electron chi connectivity index (χ0n) is 18.5. The van der Waals surface area contributed by atoms with Crippen molar-refractivity contribution in [1.29, 1.82) is 0 Å². The van der Waals surface area contributed by atoms with E-state index in [9.17, 15) is 9.59 Å². The summed E-state index contributed by atoms with van der Waals surface area (Å²) in [6.07, 6.45) is 4.49. The van der Waals surface area contributed by atoms with E-state index in [1.807, 2.05) is 25.3 Å². The van der Waals surface area contributed by atoms with Crippen LogP contribution in [0.3, 0.4) is 0 Å². The maximum absolute atomic E-state index is 15.3. The highest BCUT2D eigenvalue weighted by atomic mass is 35.5. The molecule has 2 aromatic heterocycles. The summed E-state index contributed by atoms with van der Waals surface area (Å²) in [7, 11) is 0. The number of ether oxygens (including phenoxy) is 1. The van der Waals surface area contributed by atoms with Gasteiger partial charge in [-0.25, -0.2) is 14.2 Å². The number of piperidine rings is 1. The van der Waals surface area contributed by atoms with Crippen molar-refractivity contribution in [3.8, 4) is 0 Å². The number of pyridine rings is 1. The molecule has 0 aromatic carbocycles. The quantitative estimate of drug-likeness (QED) is 0.451. The number of fused-ring (bicyclic) bond motifs is 2. The van der Waals surface area contributed by atoms with Crippen LogP contribution in [0.25, 0.3) is 10.9 Å². The number of nitrogens with zero attached hydrogens (tertiary/aromatic N) is 3. The lowest BCUT2D eigenvalue weighted by atomic mass is 10.00. The number of carbonyl (C=O) groups is 2. The Labute approximate surface area is 191 Å². The molecule has 3 saturated carbocycles. The van der Waals surface area contributed by atoms with Crippen molar-refractivity contribution in [3.63, 3.8) is 0 Å². The smallest absolute Gasteiger partial charge is 0.410 e. The van der Waals surface area contributed by atoms with Gasteiger partial charge in [-0.2, -0.15) is 0 Å². The largest absolute Gasteiger partial charge is 0.444 e. The molecule has 1 amide bonds. The van der Waals surface area contributed by atoms with Gasteiger partial charge >= 0.3 is 6.09 Å². The normalized spacial score (nSPS) is 27.0. The van der Waals surface area contributed by atoms with Crippen LogP contribution in [0.1, 0.15) is 86.1 Å². The Hall–Kier alpha value is -2.15. The molecule has 1 saturated heterocycles. The van der Waals surface area contributed by atoms with Crippen molar-refractivity contribution in [2.75, 3.05) is 13.1 Å². The van der Waals surface area contributed by atoms with E-state index in [0.29, 0.717) is 24.3 Å². The predicted molar refractivity (Wildman–Crippen MR) is 118 cm³/mol. The maximum atomic E-state index is 15.3. The number of amides is 1. The Kier molecular flexibility index (Phi) is 4.27. The predicted octanol–water partition coefficient (Wildman–Crippen LogP) is 5.43. The SMILES string of the molecule is CC(C)(C)OC(=O)N1CC2C(C1)C2c1c(C=O)n(C2CC2)c2c(F)c(Cl)nc(C3CC3)c12. The van der Waals surface area contributed by atoms with Gasteiger partial charge in [0.25, 0.3) is 0 Å². The molecule has 4 fully saturated rings. The van der Waals surface area contributed by atoms with Crippen molar-refractivity contribution in [2.24, 2.45) is 11.8 Å². The average molecular weight is 460 g/mol. The maximum Gasteiger partial charge on any atom is 0.410 e. The van der Waals surface area contributed by atoms with E-state index in [1.54, 1.807) is 4.90 Å². The molecule has 0 bridgehead atoms. The lowest BCUT2D eigenvalue weighted by molar-refractivity contribution is 0.0271. The number of aromatic nitrogens is 2. The van der Waals surface area contributed by atoms with E-state index in [0.717, 1.165) is 48.6 Å². The molecule has 3 heterocycles. The lowest BCUT2D eigenvalue weighted by Crippen LogP contribution is -2.36. The minimum atomic E-state index is -0.534. The first-order valence-corrected chi connectivity index (χ1v) is 11.9. The van der Waals surface area contributed by atoms with E-state index < -0.39 is 11.4 Å². The minimum absolute atomic E-state index is 0.102. The highest BCUT2D eigenvalue weighted by Crippen LogP contribution is 2.62. The van der Waals surface area contributed by atoms with Crippen LogP contribution in [0.15, 0.2) is 0 Å². The Balaban J connectivity index is 1.42. The second-order valence-corrected chi connectivity index (χ2v) is 11.2. The third-order valence-corrected chi connectivity index (χ3v) is 7.56. The summed E-state index contributed by atoms with van der Waals surface area (Å²) in [5, 5.41) is 0.710. The standard InChI is InChI=1S/C24H27ClFN3O3/c1-24(2,3)32-23(31)28-8-13-14(9-28)16(13)17-15(10-30)29(12-6-7-12)21-18(17)20(11-4-5-11)27-22(25)19(21)26/h10-14,16H,4-9H2,1-3H3. The van der Waals surface area contributed by atoms with Crippen LogP contribution in [0.2, 0.25) is 5.15 Å². The third kappa shape index (κ3) is 3.07. The molecule has 2 atom stereocenters. The molecule has 2 aromatic rings. The fraction of sp³-hybridized carbons (Fsp3) is 0.625. The summed E-state index contributed by atoms with van der Waals surface area (Å²) in [5.74, 6) is 0.404. The molecule has 170 valence electrons. The van der Waals surface area contributed by atoms with E-state index >= 15 is 4.39 Å². The summed E-state index contributed by atoms with van der Waals surface area (Å²) in [6, 6.07) is 0.142. The van der Waals surface area contributed by atoms with Crippen molar-refractivity contribution in [3.05, 3.63) is 27.9 Å². The zero-order chi connectivity index (χ0) is 22.5.